The van der Waals surface area contributed by atoms with Gasteiger partial charge in [0.25, 0.3) is 0 Å². The van der Waals surface area contributed by atoms with Crippen molar-refractivity contribution < 1.29 is 14.3 Å². The first kappa shape index (κ1) is 23.8. The fraction of sp³-hybridized carbons (Fsp3) is 0.250. The van der Waals surface area contributed by atoms with Gasteiger partial charge in [-0.2, -0.15) is 0 Å². The Labute approximate surface area is 204 Å². The maximum absolute atomic E-state index is 12.7. The number of methoxy groups -OCH3 is 2. The van der Waals surface area contributed by atoms with Crippen LogP contribution in [0.3, 0.4) is 0 Å². The molecule has 6 heteroatoms. The Balaban J connectivity index is 1.52. The monoisotopic (exact) mass is 474 g/mol. The lowest BCUT2D eigenvalue weighted by Gasteiger charge is -2.22. The summed E-state index contributed by atoms with van der Waals surface area (Å²) in [4.78, 5) is 16.1. The zero-order valence-corrected chi connectivity index (χ0v) is 20.6. The normalized spacial score (nSPS) is 11.9. The van der Waals surface area contributed by atoms with E-state index in [0.29, 0.717) is 23.8 Å². The molecule has 0 fully saturated rings. The number of nitrogens with one attached hydrogen (secondary N) is 2. The lowest BCUT2D eigenvalue weighted by Crippen LogP contribution is -2.30. The molecule has 0 radical (unpaired) electrons. The molecule has 0 saturated carbocycles. The third kappa shape index (κ3) is 5.39. The molecule has 3 aromatic carbocycles. The first-order chi connectivity index (χ1) is 16.6. The van der Waals surface area contributed by atoms with E-state index in [0.717, 1.165) is 27.8 Å². The highest BCUT2D eigenvalue weighted by Crippen LogP contribution is 2.40. The summed E-state index contributed by atoms with van der Waals surface area (Å²) in [7, 11) is 3.28. The van der Waals surface area contributed by atoms with Gasteiger partial charge in [0.1, 0.15) is 0 Å². The number of H-pyrrole nitrogens is 1. The smallest absolute Gasteiger partial charge is 0.230 e. The SMILES string of the molecule is COc1cccc(C(CNC(=O)CSCc2ccc(C)cc2)c2c[nH]c3ccccc23)c1OC. The summed E-state index contributed by atoms with van der Waals surface area (Å²) in [6.45, 7) is 2.53. The van der Waals surface area contributed by atoms with Gasteiger partial charge in [-0.05, 0) is 30.2 Å². The number of aromatic nitrogens is 1. The van der Waals surface area contributed by atoms with Gasteiger partial charge in [-0.3, -0.25) is 4.79 Å². The van der Waals surface area contributed by atoms with E-state index in [1.807, 2.05) is 36.5 Å². The number of benzene rings is 3. The summed E-state index contributed by atoms with van der Waals surface area (Å²) in [5, 5.41) is 4.27. The molecule has 5 nitrogen and oxygen atoms in total. The highest BCUT2D eigenvalue weighted by Gasteiger charge is 2.24. The number of para-hydroxylation sites is 2. The quantitative estimate of drug-likeness (QED) is 0.311. The Bertz CT molecular complexity index is 1250. The molecule has 4 aromatic rings. The van der Waals surface area contributed by atoms with Gasteiger partial charge in [0.15, 0.2) is 11.5 Å². The van der Waals surface area contributed by atoms with Gasteiger partial charge >= 0.3 is 0 Å². The summed E-state index contributed by atoms with van der Waals surface area (Å²) in [6.07, 6.45) is 2.02. The minimum atomic E-state index is -0.104. The fourth-order valence-electron chi connectivity index (χ4n) is 4.17. The Hall–Kier alpha value is -3.38. The number of hydrogen-bond donors (Lipinski definition) is 2. The van der Waals surface area contributed by atoms with E-state index in [-0.39, 0.29) is 11.8 Å². The van der Waals surface area contributed by atoms with Crippen molar-refractivity contribution in [3.8, 4) is 11.5 Å². The molecular weight excluding hydrogens is 444 g/mol. The molecular formula is C28H30N2O3S. The number of rotatable bonds is 10. The summed E-state index contributed by atoms with van der Waals surface area (Å²) < 4.78 is 11.3. The number of aromatic amines is 1. The van der Waals surface area contributed by atoms with Crippen LogP contribution in [0.25, 0.3) is 10.9 Å². The van der Waals surface area contributed by atoms with Gasteiger partial charge < -0.3 is 19.8 Å². The lowest BCUT2D eigenvalue weighted by atomic mass is 9.90. The van der Waals surface area contributed by atoms with E-state index >= 15 is 0 Å². The number of ether oxygens (including phenoxy) is 2. The second-order valence-electron chi connectivity index (χ2n) is 8.21. The van der Waals surface area contributed by atoms with Crippen molar-refractivity contribution in [3.63, 3.8) is 0 Å². The third-order valence-electron chi connectivity index (χ3n) is 5.93. The van der Waals surface area contributed by atoms with Gasteiger partial charge in [-0.25, -0.2) is 0 Å². The topological polar surface area (TPSA) is 63.3 Å². The van der Waals surface area contributed by atoms with Crippen LogP contribution in [0.2, 0.25) is 0 Å². The first-order valence-electron chi connectivity index (χ1n) is 11.3. The van der Waals surface area contributed by atoms with Crippen LogP contribution in [-0.4, -0.2) is 37.4 Å². The van der Waals surface area contributed by atoms with Crippen molar-refractivity contribution in [2.24, 2.45) is 0 Å². The molecule has 1 aromatic heterocycles. The molecule has 0 aliphatic carbocycles. The molecule has 1 heterocycles. The summed E-state index contributed by atoms with van der Waals surface area (Å²) in [5.41, 5.74) is 5.60. The van der Waals surface area contributed by atoms with E-state index < -0.39 is 0 Å². The van der Waals surface area contributed by atoms with Crippen molar-refractivity contribution in [2.45, 2.75) is 18.6 Å². The van der Waals surface area contributed by atoms with Gasteiger partial charge in [0.2, 0.25) is 5.91 Å². The molecule has 0 saturated heterocycles. The zero-order chi connectivity index (χ0) is 23.9. The van der Waals surface area contributed by atoms with E-state index in [1.54, 1.807) is 26.0 Å². The molecule has 1 unspecified atom stereocenters. The van der Waals surface area contributed by atoms with Crippen molar-refractivity contribution in [1.29, 1.82) is 0 Å². The van der Waals surface area contributed by atoms with Crippen LogP contribution in [0.4, 0.5) is 0 Å². The predicted octanol–water partition coefficient (Wildman–Crippen LogP) is 5.68. The molecule has 1 atom stereocenters. The number of fused-ring (bicyclic) bond motifs is 1. The maximum Gasteiger partial charge on any atom is 0.230 e. The minimum Gasteiger partial charge on any atom is -0.493 e. The molecule has 0 spiro atoms. The number of hydrogen-bond acceptors (Lipinski definition) is 4. The average molecular weight is 475 g/mol. The van der Waals surface area contributed by atoms with Gasteiger partial charge in [-0.15, -0.1) is 11.8 Å². The molecule has 2 N–H and O–H groups in total. The maximum atomic E-state index is 12.7. The van der Waals surface area contributed by atoms with Crippen molar-refractivity contribution in [2.75, 3.05) is 26.5 Å². The lowest BCUT2D eigenvalue weighted by molar-refractivity contribution is -0.118. The molecule has 4 rings (SSSR count). The van der Waals surface area contributed by atoms with E-state index in [9.17, 15) is 4.79 Å². The highest BCUT2D eigenvalue weighted by atomic mass is 32.2. The van der Waals surface area contributed by atoms with Crippen LogP contribution < -0.4 is 14.8 Å². The van der Waals surface area contributed by atoms with Crippen LogP contribution >= 0.6 is 11.8 Å². The van der Waals surface area contributed by atoms with Crippen LogP contribution in [0.1, 0.15) is 28.2 Å². The molecule has 1 amide bonds. The number of carbonyl (C=O) groups is 1. The third-order valence-corrected chi connectivity index (χ3v) is 6.94. The molecule has 34 heavy (non-hydrogen) atoms. The van der Waals surface area contributed by atoms with Gasteiger partial charge in [0, 0.05) is 40.9 Å². The van der Waals surface area contributed by atoms with Crippen molar-refractivity contribution in [1.82, 2.24) is 10.3 Å². The van der Waals surface area contributed by atoms with Crippen LogP contribution in [0, 0.1) is 6.92 Å². The molecule has 0 aliphatic rings. The standard InChI is InChI=1S/C28H30N2O3S/c1-19-11-13-20(14-12-19)17-34-18-27(31)30-16-24(22-8-6-10-26(32-2)28(22)33-3)23-15-29-25-9-5-4-7-21(23)25/h4-15,24,29H,16-18H2,1-3H3,(H,30,31). The summed E-state index contributed by atoms with van der Waals surface area (Å²) in [5.74, 6) is 2.48. The Morgan fingerprint density at radius 2 is 1.76 bits per heavy atom. The zero-order valence-electron chi connectivity index (χ0n) is 19.8. The van der Waals surface area contributed by atoms with E-state index in [4.69, 9.17) is 9.47 Å². The Morgan fingerprint density at radius 1 is 0.971 bits per heavy atom. The van der Waals surface area contributed by atoms with Crippen LogP contribution in [-0.2, 0) is 10.5 Å². The number of aryl methyl sites for hydroxylation is 1. The number of carbonyl (C=O) groups excluding carboxylic acids is 1. The number of thioether (sulfide) groups is 1. The minimum absolute atomic E-state index is 0.0174. The van der Waals surface area contributed by atoms with E-state index in [2.05, 4.69) is 53.6 Å². The van der Waals surface area contributed by atoms with Crippen molar-refractivity contribution in [3.05, 3.63) is 95.2 Å². The van der Waals surface area contributed by atoms with Crippen LogP contribution in [0.5, 0.6) is 11.5 Å². The second-order valence-corrected chi connectivity index (χ2v) is 9.19. The molecule has 0 bridgehead atoms. The van der Waals surface area contributed by atoms with Crippen molar-refractivity contribution >= 4 is 28.6 Å². The summed E-state index contributed by atoms with van der Waals surface area (Å²) >= 11 is 1.62. The molecule has 0 aliphatic heterocycles. The first-order valence-corrected chi connectivity index (χ1v) is 12.4. The Morgan fingerprint density at radius 3 is 2.53 bits per heavy atom. The van der Waals surface area contributed by atoms with E-state index in [1.165, 1.54) is 11.1 Å². The largest absolute Gasteiger partial charge is 0.493 e. The fourth-order valence-corrected chi connectivity index (χ4v) is 4.99. The highest BCUT2D eigenvalue weighted by molar-refractivity contribution is 7.99. The van der Waals surface area contributed by atoms with Gasteiger partial charge in [-0.1, -0.05) is 60.2 Å². The number of amides is 1. The molecule has 176 valence electrons. The average Bonchev–Trinajstić information content (AvgIpc) is 3.29. The van der Waals surface area contributed by atoms with Crippen LogP contribution in [0.15, 0.2) is 72.9 Å². The van der Waals surface area contributed by atoms with Gasteiger partial charge in [0.05, 0.1) is 20.0 Å². The predicted molar refractivity (Wildman–Crippen MR) is 140 cm³/mol. The Kier molecular flexibility index (Phi) is 7.80. The summed E-state index contributed by atoms with van der Waals surface area (Å²) in [6, 6.07) is 22.5. The second kappa shape index (κ2) is 11.2.